The molecule has 4 rings (SSSR count). The van der Waals surface area contributed by atoms with Crippen LogP contribution < -0.4 is 14.8 Å². The zero-order valence-electron chi connectivity index (χ0n) is 20.3. The lowest BCUT2D eigenvalue weighted by atomic mass is 9.97. The van der Waals surface area contributed by atoms with Crippen LogP contribution in [0.5, 0.6) is 11.5 Å². The van der Waals surface area contributed by atoms with Gasteiger partial charge in [-0.1, -0.05) is 60.7 Å². The molecule has 0 radical (unpaired) electrons. The summed E-state index contributed by atoms with van der Waals surface area (Å²) in [6.07, 6.45) is 2.56. The number of hydrogen-bond acceptors (Lipinski definition) is 4. The van der Waals surface area contributed by atoms with Gasteiger partial charge in [0.1, 0.15) is 17.2 Å². The van der Waals surface area contributed by atoms with Crippen LogP contribution in [0.3, 0.4) is 0 Å². The second-order valence-electron chi connectivity index (χ2n) is 8.08. The van der Waals surface area contributed by atoms with Crippen LogP contribution in [-0.4, -0.2) is 25.8 Å². The number of benzene rings is 4. The van der Waals surface area contributed by atoms with Crippen LogP contribution in [0.1, 0.15) is 11.1 Å². The maximum absolute atomic E-state index is 13.7. The Hall–Kier alpha value is -4.64. The van der Waals surface area contributed by atoms with E-state index in [4.69, 9.17) is 14.5 Å². The van der Waals surface area contributed by atoms with E-state index < -0.39 is 0 Å². The molecule has 36 heavy (non-hydrogen) atoms. The fourth-order valence-electron chi connectivity index (χ4n) is 3.69. The molecular weight excluding hydrogens is 448 g/mol. The highest BCUT2D eigenvalue weighted by Gasteiger charge is 2.18. The maximum atomic E-state index is 13.7. The molecule has 0 aliphatic carbocycles. The molecule has 0 aromatic heterocycles. The van der Waals surface area contributed by atoms with E-state index in [0.29, 0.717) is 29.3 Å². The van der Waals surface area contributed by atoms with E-state index in [-0.39, 0.29) is 5.91 Å². The lowest BCUT2D eigenvalue weighted by Crippen LogP contribution is -2.25. The van der Waals surface area contributed by atoms with Gasteiger partial charge in [0.2, 0.25) is 0 Å². The van der Waals surface area contributed by atoms with Gasteiger partial charge in [0.05, 0.1) is 19.9 Å². The topological polar surface area (TPSA) is 59.9 Å². The summed E-state index contributed by atoms with van der Waals surface area (Å²) in [4.78, 5) is 18.5. The fourth-order valence-corrected chi connectivity index (χ4v) is 3.69. The van der Waals surface area contributed by atoms with Gasteiger partial charge in [-0.25, -0.2) is 4.99 Å². The van der Waals surface area contributed by atoms with Crippen molar-refractivity contribution in [1.29, 1.82) is 0 Å². The minimum Gasteiger partial charge on any atom is -0.497 e. The third kappa shape index (κ3) is 6.70. The molecule has 0 atom stereocenters. The molecule has 5 nitrogen and oxygen atoms in total. The second-order valence-corrected chi connectivity index (χ2v) is 8.08. The highest BCUT2D eigenvalue weighted by molar-refractivity contribution is 6.50. The Kier molecular flexibility index (Phi) is 8.28. The number of amides is 1. The minimum absolute atomic E-state index is 0.297. The average molecular weight is 477 g/mol. The maximum Gasteiger partial charge on any atom is 0.274 e. The van der Waals surface area contributed by atoms with Gasteiger partial charge in [-0.2, -0.15) is 0 Å². The van der Waals surface area contributed by atoms with E-state index in [1.807, 2.05) is 91.0 Å². The Balaban J connectivity index is 1.77. The van der Waals surface area contributed by atoms with Gasteiger partial charge in [-0.15, -0.1) is 0 Å². The molecule has 0 spiro atoms. The summed E-state index contributed by atoms with van der Waals surface area (Å²) in [6.45, 7) is 0. The van der Waals surface area contributed by atoms with E-state index in [2.05, 4.69) is 5.32 Å². The summed E-state index contributed by atoms with van der Waals surface area (Å²) in [5.74, 6) is 1.14. The number of carbonyl (C=O) groups excluding carboxylic acids is 1. The van der Waals surface area contributed by atoms with E-state index in [0.717, 1.165) is 22.4 Å². The van der Waals surface area contributed by atoms with Crippen LogP contribution >= 0.6 is 0 Å². The molecular formula is C31H28N2O3. The van der Waals surface area contributed by atoms with Crippen LogP contribution in [0.2, 0.25) is 0 Å². The third-order valence-electron chi connectivity index (χ3n) is 5.56. The summed E-state index contributed by atoms with van der Waals surface area (Å²) in [6, 6.07) is 34.6. The summed E-state index contributed by atoms with van der Waals surface area (Å²) >= 11 is 0. The van der Waals surface area contributed by atoms with Crippen LogP contribution in [0, 0.1) is 0 Å². The van der Waals surface area contributed by atoms with Gasteiger partial charge in [0, 0.05) is 5.69 Å². The fraction of sp³-hybridized carbons (Fsp3) is 0.0968. The first kappa shape index (κ1) is 24.5. The van der Waals surface area contributed by atoms with Crippen molar-refractivity contribution in [2.24, 2.45) is 4.99 Å². The van der Waals surface area contributed by atoms with E-state index >= 15 is 0 Å². The van der Waals surface area contributed by atoms with Crippen LogP contribution in [0.4, 0.5) is 11.4 Å². The molecule has 0 fully saturated rings. The van der Waals surface area contributed by atoms with E-state index in [9.17, 15) is 4.79 Å². The largest absolute Gasteiger partial charge is 0.497 e. The first-order valence-corrected chi connectivity index (χ1v) is 11.6. The normalized spacial score (nSPS) is 11.6. The standard InChI is InChI=1S/C31H28N2O3/c1-35-28-17-13-26(14-18-28)32-30(31(34)33-27-15-19-29(36-2)20-16-27)25(21-23-9-5-3-6-10-23)22-24-11-7-4-8-12-24/h3-21H,22H2,1-2H3,(H,33,34)/b25-21-,32-30?. The number of ether oxygens (including phenoxy) is 2. The molecule has 1 amide bonds. The van der Waals surface area contributed by atoms with Crippen molar-refractivity contribution in [3.63, 3.8) is 0 Å². The molecule has 5 heteroatoms. The highest BCUT2D eigenvalue weighted by atomic mass is 16.5. The molecule has 0 heterocycles. The van der Waals surface area contributed by atoms with Gasteiger partial charge in [0.25, 0.3) is 5.91 Å². The van der Waals surface area contributed by atoms with Crippen molar-refractivity contribution >= 4 is 29.1 Å². The van der Waals surface area contributed by atoms with Crippen molar-refractivity contribution in [2.45, 2.75) is 6.42 Å². The molecule has 0 aliphatic heterocycles. The van der Waals surface area contributed by atoms with Gasteiger partial charge in [0.15, 0.2) is 0 Å². The Morgan fingerprint density at radius 1 is 0.750 bits per heavy atom. The van der Waals surface area contributed by atoms with Crippen molar-refractivity contribution in [3.05, 3.63) is 126 Å². The number of anilines is 1. The quantitative estimate of drug-likeness (QED) is 0.272. The van der Waals surface area contributed by atoms with E-state index in [1.54, 1.807) is 38.5 Å². The van der Waals surface area contributed by atoms with Crippen LogP contribution in [0.15, 0.2) is 120 Å². The third-order valence-corrected chi connectivity index (χ3v) is 5.56. The summed E-state index contributed by atoms with van der Waals surface area (Å²) in [7, 11) is 3.23. The smallest absolute Gasteiger partial charge is 0.274 e. The molecule has 1 N–H and O–H groups in total. The first-order chi connectivity index (χ1) is 17.6. The number of nitrogens with zero attached hydrogens (tertiary/aromatic N) is 1. The number of methoxy groups -OCH3 is 2. The number of rotatable bonds is 9. The second kappa shape index (κ2) is 12.2. The zero-order chi connectivity index (χ0) is 25.2. The predicted molar refractivity (Wildman–Crippen MR) is 146 cm³/mol. The number of aliphatic imine (C=N–C) groups is 1. The van der Waals surface area contributed by atoms with Gasteiger partial charge in [-0.3, -0.25) is 4.79 Å². The summed E-state index contributed by atoms with van der Waals surface area (Å²) in [5, 5.41) is 3.00. The van der Waals surface area contributed by atoms with Crippen molar-refractivity contribution in [1.82, 2.24) is 0 Å². The molecule has 0 unspecified atom stereocenters. The molecule has 0 bridgehead atoms. The summed E-state index contributed by atoms with van der Waals surface area (Å²) in [5.41, 5.74) is 4.52. The van der Waals surface area contributed by atoms with Crippen LogP contribution in [0.25, 0.3) is 6.08 Å². The monoisotopic (exact) mass is 476 g/mol. The SMILES string of the molecule is COc1ccc(N=C(C(=O)Nc2ccc(OC)cc2)/C(=C\c2ccccc2)Cc2ccccc2)cc1. The summed E-state index contributed by atoms with van der Waals surface area (Å²) < 4.78 is 10.5. The molecule has 4 aromatic carbocycles. The zero-order valence-corrected chi connectivity index (χ0v) is 20.3. The van der Waals surface area contributed by atoms with E-state index in [1.165, 1.54) is 0 Å². The van der Waals surface area contributed by atoms with Crippen molar-refractivity contribution < 1.29 is 14.3 Å². The Labute approximate surface area is 211 Å². The first-order valence-electron chi connectivity index (χ1n) is 11.6. The molecule has 180 valence electrons. The number of nitrogens with one attached hydrogen (secondary N) is 1. The van der Waals surface area contributed by atoms with Gasteiger partial charge in [-0.05, 0) is 77.7 Å². The average Bonchev–Trinajstić information content (AvgIpc) is 2.93. The van der Waals surface area contributed by atoms with Crippen molar-refractivity contribution in [2.75, 3.05) is 19.5 Å². The lowest BCUT2D eigenvalue weighted by Gasteiger charge is -2.14. The van der Waals surface area contributed by atoms with Gasteiger partial charge >= 0.3 is 0 Å². The van der Waals surface area contributed by atoms with Crippen LogP contribution in [-0.2, 0) is 11.2 Å². The van der Waals surface area contributed by atoms with Gasteiger partial charge < -0.3 is 14.8 Å². The van der Waals surface area contributed by atoms with Crippen molar-refractivity contribution in [3.8, 4) is 11.5 Å². The predicted octanol–water partition coefficient (Wildman–Crippen LogP) is 6.74. The Morgan fingerprint density at radius 2 is 1.31 bits per heavy atom. The molecule has 4 aromatic rings. The highest BCUT2D eigenvalue weighted by Crippen LogP contribution is 2.23. The molecule has 0 saturated carbocycles. The lowest BCUT2D eigenvalue weighted by molar-refractivity contribution is -0.110. The molecule has 0 aliphatic rings. The Bertz CT molecular complexity index is 1330. The number of carbonyl (C=O) groups is 1. The minimum atomic E-state index is -0.297. The number of hydrogen-bond donors (Lipinski definition) is 1. The molecule has 0 saturated heterocycles. The Morgan fingerprint density at radius 3 is 1.89 bits per heavy atom.